The molecule has 2 rings (SSSR count). The van der Waals surface area contributed by atoms with Crippen LogP contribution in [-0.2, 0) is 4.79 Å². The number of carbonyl (C=O) groups excluding carboxylic acids is 1. The van der Waals surface area contributed by atoms with Crippen molar-refractivity contribution in [2.75, 3.05) is 19.6 Å². The molecule has 4 atom stereocenters. The molecule has 1 saturated heterocycles. The van der Waals surface area contributed by atoms with Crippen molar-refractivity contribution in [3.8, 4) is 0 Å². The highest BCUT2D eigenvalue weighted by atomic mass is 16.1. The monoisotopic (exact) mass is 281 g/mol. The number of carbonyl (C=O) groups is 1. The highest BCUT2D eigenvalue weighted by Gasteiger charge is 2.30. The molecule has 1 aliphatic heterocycles. The Labute approximate surface area is 123 Å². The van der Waals surface area contributed by atoms with E-state index in [1.807, 2.05) is 0 Å². The zero-order valence-corrected chi connectivity index (χ0v) is 13.1. The number of hydrogen-bond donors (Lipinski definition) is 2. The van der Waals surface area contributed by atoms with Crippen LogP contribution in [0.3, 0.4) is 0 Å². The molecule has 1 heterocycles. The van der Waals surface area contributed by atoms with Crippen molar-refractivity contribution >= 4 is 5.91 Å². The van der Waals surface area contributed by atoms with Crippen molar-refractivity contribution in [1.29, 1.82) is 0 Å². The van der Waals surface area contributed by atoms with Gasteiger partial charge in [-0.3, -0.25) is 4.79 Å². The summed E-state index contributed by atoms with van der Waals surface area (Å²) in [6, 6.07) is 0.438. The van der Waals surface area contributed by atoms with Crippen LogP contribution >= 0.6 is 0 Å². The Bertz CT molecular complexity index is 315. The quantitative estimate of drug-likeness (QED) is 0.825. The largest absolute Gasteiger partial charge is 0.352 e. The maximum atomic E-state index is 12.3. The number of nitrogens with two attached hydrogens (primary N) is 1. The van der Waals surface area contributed by atoms with Gasteiger partial charge in [0.25, 0.3) is 0 Å². The van der Waals surface area contributed by atoms with E-state index in [1.54, 1.807) is 0 Å². The molecule has 4 unspecified atom stereocenters. The molecule has 0 aromatic heterocycles. The first-order valence-corrected chi connectivity index (χ1v) is 8.34. The van der Waals surface area contributed by atoms with Gasteiger partial charge in [0.05, 0.1) is 0 Å². The molecule has 0 spiro atoms. The van der Waals surface area contributed by atoms with E-state index in [2.05, 4.69) is 24.1 Å². The predicted octanol–water partition coefficient (Wildman–Crippen LogP) is 1.74. The van der Waals surface area contributed by atoms with Gasteiger partial charge in [-0.15, -0.1) is 0 Å². The maximum absolute atomic E-state index is 12.3. The van der Waals surface area contributed by atoms with E-state index in [4.69, 9.17) is 5.73 Å². The Kier molecular flexibility index (Phi) is 5.85. The average Bonchev–Trinajstić information content (AvgIpc) is 2.42. The summed E-state index contributed by atoms with van der Waals surface area (Å²) in [5.41, 5.74) is 6.10. The summed E-state index contributed by atoms with van der Waals surface area (Å²) in [5, 5.41) is 3.20. The molecular formula is C16H31N3O. The topological polar surface area (TPSA) is 58.4 Å². The Balaban J connectivity index is 1.73. The summed E-state index contributed by atoms with van der Waals surface area (Å²) < 4.78 is 0. The van der Waals surface area contributed by atoms with E-state index in [9.17, 15) is 4.79 Å². The van der Waals surface area contributed by atoms with Gasteiger partial charge < -0.3 is 16.0 Å². The van der Waals surface area contributed by atoms with E-state index in [-0.39, 0.29) is 23.9 Å². The highest BCUT2D eigenvalue weighted by Crippen LogP contribution is 2.27. The van der Waals surface area contributed by atoms with Crippen molar-refractivity contribution in [3.05, 3.63) is 0 Å². The molecule has 0 bridgehead atoms. The Morgan fingerprint density at radius 3 is 2.65 bits per heavy atom. The number of amides is 1. The number of rotatable bonds is 4. The molecule has 2 fully saturated rings. The van der Waals surface area contributed by atoms with Gasteiger partial charge in [0.1, 0.15) is 0 Å². The van der Waals surface area contributed by atoms with Crippen LogP contribution in [0.1, 0.15) is 52.4 Å². The fraction of sp³-hybridized carbons (Fsp3) is 0.938. The number of piperidine rings is 1. The van der Waals surface area contributed by atoms with Crippen LogP contribution < -0.4 is 11.1 Å². The van der Waals surface area contributed by atoms with E-state index in [0.29, 0.717) is 5.92 Å². The van der Waals surface area contributed by atoms with Gasteiger partial charge in [0.2, 0.25) is 5.91 Å². The number of nitrogens with zero attached hydrogens (tertiary/aromatic N) is 1. The van der Waals surface area contributed by atoms with Crippen LogP contribution in [0.25, 0.3) is 0 Å². The van der Waals surface area contributed by atoms with Crippen molar-refractivity contribution in [2.24, 2.45) is 17.6 Å². The second-order valence-electron chi connectivity index (χ2n) is 6.92. The van der Waals surface area contributed by atoms with Gasteiger partial charge in [-0.05, 0) is 58.0 Å². The van der Waals surface area contributed by atoms with Crippen LogP contribution in [-0.4, -0.2) is 42.5 Å². The summed E-state index contributed by atoms with van der Waals surface area (Å²) in [5.74, 6) is 0.909. The molecule has 20 heavy (non-hydrogen) atoms. The molecule has 4 nitrogen and oxygen atoms in total. The zero-order valence-electron chi connectivity index (χ0n) is 13.1. The normalized spacial score (nSPS) is 33.6. The summed E-state index contributed by atoms with van der Waals surface area (Å²) in [6.07, 6.45) is 6.89. The molecule has 116 valence electrons. The first kappa shape index (κ1) is 15.8. The minimum Gasteiger partial charge on any atom is -0.352 e. The van der Waals surface area contributed by atoms with Crippen molar-refractivity contribution in [3.63, 3.8) is 0 Å². The smallest absolute Gasteiger partial charge is 0.223 e. The SMILES string of the molecule is CC(CN1CCCCC1)NC(=O)C1CCC(C)C(N)C1. The molecule has 3 N–H and O–H groups in total. The van der Waals surface area contributed by atoms with Gasteiger partial charge in [0, 0.05) is 24.5 Å². The van der Waals surface area contributed by atoms with Crippen LogP contribution in [0.4, 0.5) is 0 Å². The number of hydrogen-bond acceptors (Lipinski definition) is 3. The van der Waals surface area contributed by atoms with Crippen LogP contribution in [0, 0.1) is 11.8 Å². The van der Waals surface area contributed by atoms with Crippen molar-refractivity contribution in [1.82, 2.24) is 10.2 Å². The van der Waals surface area contributed by atoms with Gasteiger partial charge in [-0.2, -0.15) is 0 Å². The Hall–Kier alpha value is -0.610. The van der Waals surface area contributed by atoms with E-state index < -0.39 is 0 Å². The van der Waals surface area contributed by atoms with Crippen LogP contribution in [0.5, 0.6) is 0 Å². The second kappa shape index (κ2) is 7.41. The Morgan fingerprint density at radius 1 is 1.30 bits per heavy atom. The fourth-order valence-electron chi connectivity index (χ4n) is 3.53. The van der Waals surface area contributed by atoms with Gasteiger partial charge >= 0.3 is 0 Å². The molecule has 4 heteroatoms. The third-order valence-electron chi connectivity index (χ3n) is 5.00. The van der Waals surface area contributed by atoms with Crippen molar-refractivity contribution in [2.45, 2.75) is 64.5 Å². The Morgan fingerprint density at radius 2 is 2.00 bits per heavy atom. The highest BCUT2D eigenvalue weighted by molar-refractivity contribution is 5.79. The molecule has 2 aliphatic rings. The fourth-order valence-corrected chi connectivity index (χ4v) is 3.53. The summed E-state index contributed by atoms with van der Waals surface area (Å²) in [6.45, 7) is 7.68. The van der Waals surface area contributed by atoms with E-state index in [0.717, 1.165) is 25.8 Å². The third kappa shape index (κ3) is 4.45. The zero-order chi connectivity index (χ0) is 14.5. The molecular weight excluding hydrogens is 250 g/mol. The lowest BCUT2D eigenvalue weighted by Gasteiger charge is -2.33. The molecule has 0 aromatic rings. The average molecular weight is 281 g/mol. The lowest BCUT2D eigenvalue weighted by atomic mass is 9.79. The molecule has 1 amide bonds. The minimum absolute atomic E-state index is 0.130. The summed E-state index contributed by atoms with van der Waals surface area (Å²) in [7, 11) is 0. The van der Waals surface area contributed by atoms with Gasteiger partial charge in [0.15, 0.2) is 0 Å². The molecule has 0 radical (unpaired) electrons. The van der Waals surface area contributed by atoms with Crippen LogP contribution in [0.2, 0.25) is 0 Å². The lowest BCUT2D eigenvalue weighted by Crippen LogP contribution is -2.47. The van der Waals surface area contributed by atoms with Gasteiger partial charge in [-0.1, -0.05) is 13.3 Å². The molecule has 1 saturated carbocycles. The first-order valence-electron chi connectivity index (χ1n) is 8.34. The molecule has 0 aromatic carbocycles. The minimum atomic E-state index is 0.130. The van der Waals surface area contributed by atoms with Crippen LogP contribution in [0.15, 0.2) is 0 Å². The number of likely N-dealkylation sites (tertiary alicyclic amines) is 1. The third-order valence-corrected chi connectivity index (χ3v) is 5.00. The molecule has 1 aliphatic carbocycles. The maximum Gasteiger partial charge on any atom is 0.223 e. The second-order valence-corrected chi connectivity index (χ2v) is 6.92. The van der Waals surface area contributed by atoms with E-state index >= 15 is 0 Å². The van der Waals surface area contributed by atoms with Crippen molar-refractivity contribution < 1.29 is 4.79 Å². The van der Waals surface area contributed by atoms with E-state index in [1.165, 1.54) is 32.4 Å². The summed E-state index contributed by atoms with van der Waals surface area (Å²) >= 11 is 0. The standard InChI is InChI=1S/C16H31N3O/c1-12-6-7-14(10-15(12)17)16(20)18-13(2)11-19-8-4-3-5-9-19/h12-15H,3-11,17H2,1-2H3,(H,18,20). The summed E-state index contributed by atoms with van der Waals surface area (Å²) in [4.78, 5) is 14.8. The first-order chi connectivity index (χ1) is 9.56. The predicted molar refractivity (Wildman–Crippen MR) is 82.4 cm³/mol. The van der Waals surface area contributed by atoms with Gasteiger partial charge in [-0.25, -0.2) is 0 Å². The lowest BCUT2D eigenvalue weighted by molar-refractivity contribution is -0.127. The number of nitrogens with one attached hydrogen (secondary N) is 1.